The second-order valence-corrected chi connectivity index (χ2v) is 4.71. The Labute approximate surface area is 98.1 Å². The van der Waals surface area contributed by atoms with E-state index in [0.29, 0.717) is 12.5 Å². The van der Waals surface area contributed by atoms with Crippen LogP contribution < -0.4 is 0 Å². The van der Waals surface area contributed by atoms with Gasteiger partial charge in [-0.05, 0) is 18.5 Å². The molecule has 3 heteroatoms. The number of likely N-dealkylation sites (N-methyl/N-ethyl adjacent to an activating group) is 1. The lowest BCUT2D eigenvalue weighted by Gasteiger charge is -2.21. The zero-order valence-electron chi connectivity index (χ0n) is 10.7. The summed E-state index contributed by atoms with van der Waals surface area (Å²) < 4.78 is 1.91. The minimum absolute atomic E-state index is 0.211. The van der Waals surface area contributed by atoms with Crippen molar-refractivity contribution in [3.05, 3.63) is 24.0 Å². The van der Waals surface area contributed by atoms with Crippen LogP contribution >= 0.6 is 0 Å². The lowest BCUT2D eigenvalue weighted by molar-refractivity contribution is 0.0926. The topological polar surface area (TPSA) is 25.2 Å². The van der Waals surface area contributed by atoms with E-state index >= 15 is 0 Å². The Bertz CT molecular complexity index is 341. The van der Waals surface area contributed by atoms with Crippen molar-refractivity contribution in [2.75, 3.05) is 19.6 Å². The summed E-state index contributed by atoms with van der Waals surface area (Å²) in [6.07, 6.45) is 3.79. The van der Waals surface area contributed by atoms with Crippen LogP contribution in [0.3, 0.4) is 0 Å². The van der Waals surface area contributed by atoms with E-state index in [2.05, 4.69) is 25.7 Å². The molecular weight excluding hydrogens is 200 g/mol. The molecule has 0 radical (unpaired) electrons. The molecule has 0 amide bonds. The molecular formula is C13H22N2O. The summed E-state index contributed by atoms with van der Waals surface area (Å²) in [5.41, 5.74) is 0.810. The van der Waals surface area contributed by atoms with Crippen molar-refractivity contribution in [3.8, 4) is 0 Å². The summed E-state index contributed by atoms with van der Waals surface area (Å²) in [6.45, 7) is 8.89. The predicted octanol–water partition coefficient (Wildman–Crippen LogP) is 2.19. The Morgan fingerprint density at radius 1 is 1.50 bits per heavy atom. The number of carbonyl (C=O) groups excluding carboxylic acids is 1. The van der Waals surface area contributed by atoms with Crippen LogP contribution in [0, 0.1) is 5.92 Å². The van der Waals surface area contributed by atoms with Crippen molar-refractivity contribution < 1.29 is 4.79 Å². The monoisotopic (exact) mass is 222 g/mol. The fourth-order valence-electron chi connectivity index (χ4n) is 1.78. The highest BCUT2D eigenvalue weighted by atomic mass is 16.1. The van der Waals surface area contributed by atoms with Crippen LogP contribution in [0.5, 0.6) is 0 Å². The minimum Gasteiger partial charge on any atom is -0.357 e. The highest BCUT2D eigenvalue weighted by Gasteiger charge is 2.12. The number of aromatic nitrogens is 1. The molecule has 0 aliphatic heterocycles. The lowest BCUT2D eigenvalue weighted by atomic mass is 10.1. The van der Waals surface area contributed by atoms with E-state index in [-0.39, 0.29) is 5.78 Å². The number of ketones is 1. The van der Waals surface area contributed by atoms with E-state index in [4.69, 9.17) is 0 Å². The summed E-state index contributed by atoms with van der Waals surface area (Å²) in [5, 5.41) is 0. The van der Waals surface area contributed by atoms with Gasteiger partial charge in [-0.1, -0.05) is 20.8 Å². The van der Waals surface area contributed by atoms with Gasteiger partial charge in [0.05, 0.1) is 6.54 Å². The van der Waals surface area contributed by atoms with Crippen molar-refractivity contribution >= 4 is 5.78 Å². The van der Waals surface area contributed by atoms with E-state index < -0.39 is 0 Å². The molecule has 1 heterocycles. The molecule has 3 nitrogen and oxygen atoms in total. The normalized spacial score (nSPS) is 11.4. The van der Waals surface area contributed by atoms with Gasteiger partial charge in [0.15, 0.2) is 5.78 Å². The lowest BCUT2D eigenvalue weighted by Crippen LogP contribution is -2.32. The van der Waals surface area contributed by atoms with Crippen molar-refractivity contribution in [1.29, 1.82) is 0 Å². The Morgan fingerprint density at radius 2 is 2.19 bits per heavy atom. The fourth-order valence-corrected chi connectivity index (χ4v) is 1.78. The number of rotatable bonds is 6. The smallest absolute Gasteiger partial charge is 0.178 e. The van der Waals surface area contributed by atoms with Crippen molar-refractivity contribution in [2.24, 2.45) is 13.0 Å². The third-order valence-electron chi connectivity index (χ3n) is 2.59. The second-order valence-electron chi connectivity index (χ2n) is 4.71. The average Bonchev–Trinajstić information content (AvgIpc) is 2.63. The summed E-state index contributed by atoms with van der Waals surface area (Å²) in [6, 6.07) is 1.88. The molecule has 0 N–H and O–H groups in total. The van der Waals surface area contributed by atoms with Gasteiger partial charge in [0.2, 0.25) is 0 Å². The predicted molar refractivity (Wildman–Crippen MR) is 66.7 cm³/mol. The first-order chi connectivity index (χ1) is 7.52. The van der Waals surface area contributed by atoms with E-state index in [1.54, 1.807) is 0 Å². The van der Waals surface area contributed by atoms with Gasteiger partial charge in [-0.2, -0.15) is 0 Å². The molecule has 1 aromatic rings. The van der Waals surface area contributed by atoms with Gasteiger partial charge in [-0.3, -0.25) is 9.69 Å². The van der Waals surface area contributed by atoms with E-state index in [0.717, 1.165) is 18.7 Å². The van der Waals surface area contributed by atoms with Gasteiger partial charge in [0.1, 0.15) is 0 Å². The largest absolute Gasteiger partial charge is 0.357 e. The van der Waals surface area contributed by atoms with Gasteiger partial charge in [0.25, 0.3) is 0 Å². The van der Waals surface area contributed by atoms with Crippen molar-refractivity contribution in [2.45, 2.75) is 20.8 Å². The zero-order valence-corrected chi connectivity index (χ0v) is 10.7. The first-order valence-electron chi connectivity index (χ1n) is 5.90. The Kier molecular flexibility index (Phi) is 4.74. The van der Waals surface area contributed by atoms with Gasteiger partial charge in [-0.25, -0.2) is 0 Å². The molecule has 0 fully saturated rings. The van der Waals surface area contributed by atoms with Crippen molar-refractivity contribution in [3.63, 3.8) is 0 Å². The van der Waals surface area contributed by atoms with Gasteiger partial charge >= 0.3 is 0 Å². The molecule has 1 rings (SSSR count). The Hall–Kier alpha value is -1.09. The van der Waals surface area contributed by atoms with Crippen LogP contribution in [-0.4, -0.2) is 34.9 Å². The molecule has 0 bridgehead atoms. The van der Waals surface area contributed by atoms with E-state index in [1.807, 2.05) is 30.1 Å². The SMILES string of the molecule is CCN(CC(=O)c1ccn(C)c1)CC(C)C. The summed E-state index contributed by atoms with van der Waals surface area (Å²) >= 11 is 0. The Balaban J connectivity index is 2.55. The first-order valence-corrected chi connectivity index (χ1v) is 5.90. The highest BCUT2D eigenvalue weighted by Crippen LogP contribution is 2.04. The molecule has 90 valence electrons. The molecule has 0 saturated carbocycles. The molecule has 16 heavy (non-hydrogen) atoms. The fraction of sp³-hybridized carbons (Fsp3) is 0.615. The molecule has 0 atom stereocenters. The van der Waals surface area contributed by atoms with Gasteiger partial charge in [-0.15, -0.1) is 0 Å². The Morgan fingerprint density at radius 3 is 2.62 bits per heavy atom. The minimum atomic E-state index is 0.211. The number of carbonyl (C=O) groups is 1. The maximum atomic E-state index is 12.0. The number of nitrogens with zero attached hydrogens (tertiary/aromatic N) is 2. The maximum absolute atomic E-state index is 12.0. The van der Waals surface area contributed by atoms with Gasteiger partial charge < -0.3 is 4.57 Å². The van der Waals surface area contributed by atoms with Crippen molar-refractivity contribution in [1.82, 2.24) is 9.47 Å². The van der Waals surface area contributed by atoms with Crippen LogP contribution in [0.15, 0.2) is 18.5 Å². The number of hydrogen-bond donors (Lipinski definition) is 0. The first kappa shape index (κ1) is 13.0. The maximum Gasteiger partial charge on any atom is 0.178 e. The van der Waals surface area contributed by atoms with E-state index in [9.17, 15) is 4.79 Å². The molecule has 0 aliphatic carbocycles. The quantitative estimate of drug-likeness (QED) is 0.689. The van der Waals surface area contributed by atoms with Crippen LogP contribution in [0.1, 0.15) is 31.1 Å². The zero-order chi connectivity index (χ0) is 12.1. The number of Topliss-reactive ketones (excluding diaryl/α,β-unsaturated/α-hetero) is 1. The standard InChI is InChI=1S/C13H22N2O/c1-5-15(8-11(2)3)10-13(16)12-6-7-14(4)9-12/h6-7,9,11H,5,8,10H2,1-4H3. The molecule has 1 aromatic heterocycles. The van der Waals surface area contributed by atoms with Gasteiger partial charge in [0, 0.05) is 31.5 Å². The average molecular weight is 222 g/mol. The molecule has 0 aromatic carbocycles. The van der Waals surface area contributed by atoms with E-state index in [1.165, 1.54) is 0 Å². The molecule has 0 aliphatic rings. The molecule has 0 saturated heterocycles. The van der Waals surface area contributed by atoms with Crippen LogP contribution in [-0.2, 0) is 7.05 Å². The van der Waals surface area contributed by atoms with Crippen LogP contribution in [0.2, 0.25) is 0 Å². The molecule has 0 unspecified atom stereocenters. The summed E-state index contributed by atoms with van der Waals surface area (Å²) in [7, 11) is 1.93. The third kappa shape index (κ3) is 3.81. The number of hydrogen-bond acceptors (Lipinski definition) is 2. The summed E-state index contributed by atoms with van der Waals surface area (Å²) in [4.78, 5) is 14.1. The third-order valence-corrected chi connectivity index (χ3v) is 2.59. The van der Waals surface area contributed by atoms with Crippen LogP contribution in [0.25, 0.3) is 0 Å². The second kappa shape index (κ2) is 5.85. The molecule has 0 spiro atoms. The highest BCUT2D eigenvalue weighted by molar-refractivity contribution is 5.97. The van der Waals surface area contributed by atoms with Crippen LogP contribution in [0.4, 0.5) is 0 Å². The number of aryl methyl sites for hydroxylation is 1. The summed E-state index contributed by atoms with van der Waals surface area (Å²) in [5.74, 6) is 0.812.